The van der Waals surface area contributed by atoms with Crippen molar-refractivity contribution < 1.29 is 24.5 Å². The summed E-state index contributed by atoms with van der Waals surface area (Å²) in [5, 5.41) is 22.0. The van der Waals surface area contributed by atoms with Gasteiger partial charge in [0.2, 0.25) is 5.91 Å². The minimum absolute atomic E-state index is 0.0362. The van der Waals surface area contributed by atoms with E-state index in [0.29, 0.717) is 23.6 Å². The molecule has 2 fully saturated rings. The zero-order chi connectivity index (χ0) is 17.4. The molecule has 3 rings (SSSR count). The molecular weight excluding hydrogens is 359 g/mol. The van der Waals surface area contributed by atoms with Crippen LogP contribution in [0.3, 0.4) is 0 Å². The van der Waals surface area contributed by atoms with Gasteiger partial charge in [-0.3, -0.25) is 4.79 Å². The fourth-order valence-electron chi connectivity index (χ4n) is 3.31. The molecular formula is C15H16Cl2N2O5. The third kappa shape index (κ3) is 2.99. The largest absolute Gasteiger partial charge is 0.508 e. The number of aliphatic hydroxyl groups excluding tert-OH is 1. The molecule has 0 aliphatic carbocycles. The molecule has 9 heteroatoms. The Morgan fingerprint density at radius 3 is 2.88 bits per heavy atom. The van der Waals surface area contributed by atoms with Crippen molar-refractivity contribution in [1.82, 2.24) is 10.2 Å². The number of rotatable bonds is 4. The van der Waals surface area contributed by atoms with E-state index in [4.69, 9.17) is 33.0 Å². The number of nitrogens with one attached hydrogen (secondary N) is 1. The number of amides is 2. The third-order valence-electron chi connectivity index (χ3n) is 4.42. The lowest BCUT2D eigenvalue weighted by Crippen LogP contribution is -2.40. The van der Waals surface area contributed by atoms with Gasteiger partial charge < -0.3 is 25.2 Å². The van der Waals surface area contributed by atoms with Gasteiger partial charge in [-0.15, -0.1) is 0 Å². The number of carbonyl (C=O) groups excluding carboxylic acids is 2. The summed E-state index contributed by atoms with van der Waals surface area (Å²) in [4.78, 5) is 24.8. The van der Waals surface area contributed by atoms with E-state index in [1.165, 1.54) is 12.1 Å². The molecule has 7 nitrogen and oxygen atoms in total. The van der Waals surface area contributed by atoms with Gasteiger partial charge in [0.05, 0.1) is 22.6 Å². The number of carbonyl (C=O) groups is 2. The topological polar surface area (TPSA) is 99.1 Å². The fraction of sp³-hybridized carbons (Fsp3) is 0.467. The van der Waals surface area contributed by atoms with Crippen LogP contribution in [0.1, 0.15) is 17.9 Å². The molecule has 0 spiro atoms. The number of hydrogen-bond acceptors (Lipinski definition) is 5. The number of ether oxygens (including phenoxy) is 1. The van der Waals surface area contributed by atoms with Crippen LogP contribution >= 0.6 is 23.2 Å². The molecule has 0 aromatic heterocycles. The molecule has 0 bridgehead atoms. The Morgan fingerprint density at radius 1 is 1.42 bits per heavy atom. The van der Waals surface area contributed by atoms with E-state index in [1.54, 1.807) is 4.90 Å². The Bertz CT molecular complexity index is 684. The molecule has 2 aliphatic rings. The molecule has 0 saturated carbocycles. The molecule has 0 unspecified atom stereocenters. The standard InChI is InChI=1S/C15H16Cl2N2O5/c16-8-1-2-10(21)13(14(8)17)7-3-9-11(4-18-12(22)6-20)24-15(23)19(9)5-7/h1-2,7,9,11,20-21H,3-6H2,(H,18,22)/t7-,9-,11-/m0/s1. The normalized spacial score (nSPS) is 25.5. The van der Waals surface area contributed by atoms with Crippen LogP contribution in [-0.4, -0.2) is 59.0 Å². The van der Waals surface area contributed by atoms with Gasteiger partial charge >= 0.3 is 6.09 Å². The van der Waals surface area contributed by atoms with E-state index >= 15 is 0 Å². The second kappa shape index (κ2) is 6.66. The van der Waals surface area contributed by atoms with Gasteiger partial charge in [-0.2, -0.15) is 0 Å². The van der Waals surface area contributed by atoms with Gasteiger partial charge in [0.15, 0.2) is 0 Å². The second-order valence-electron chi connectivity index (χ2n) is 5.83. The number of cyclic esters (lactones) is 1. The van der Waals surface area contributed by atoms with Gasteiger partial charge in [-0.05, 0) is 18.6 Å². The van der Waals surface area contributed by atoms with Crippen molar-refractivity contribution in [3.05, 3.63) is 27.7 Å². The monoisotopic (exact) mass is 374 g/mol. The molecule has 3 atom stereocenters. The second-order valence-corrected chi connectivity index (χ2v) is 6.62. The first kappa shape index (κ1) is 17.1. The Morgan fingerprint density at radius 2 is 2.17 bits per heavy atom. The molecule has 130 valence electrons. The van der Waals surface area contributed by atoms with Crippen LogP contribution in [0.2, 0.25) is 10.0 Å². The number of aliphatic hydroxyl groups is 1. The summed E-state index contributed by atoms with van der Waals surface area (Å²) in [5.41, 5.74) is 0.518. The van der Waals surface area contributed by atoms with Gasteiger partial charge in [0.25, 0.3) is 0 Å². The van der Waals surface area contributed by atoms with Gasteiger partial charge in [0, 0.05) is 18.0 Å². The zero-order valence-electron chi connectivity index (χ0n) is 12.5. The molecule has 2 amide bonds. The van der Waals surface area contributed by atoms with Gasteiger partial charge in [-0.25, -0.2) is 4.79 Å². The Kier molecular flexibility index (Phi) is 4.76. The summed E-state index contributed by atoms with van der Waals surface area (Å²) in [6.45, 7) is -0.153. The smallest absolute Gasteiger partial charge is 0.410 e. The lowest BCUT2D eigenvalue weighted by atomic mass is 9.93. The number of benzene rings is 1. The average Bonchev–Trinajstić information content (AvgIpc) is 3.10. The maximum Gasteiger partial charge on any atom is 0.410 e. The lowest BCUT2D eigenvalue weighted by Gasteiger charge is -2.18. The van der Waals surface area contributed by atoms with E-state index < -0.39 is 24.7 Å². The number of hydrogen-bond donors (Lipinski definition) is 3. The minimum Gasteiger partial charge on any atom is -0.508 e. The van der Waals surface area contributed by atoms with Crippen LogP contribution in [0.4, 0.5) is 4.79 Å². The van der Waals surface area contributed by atoms with Crippen molar-refractivity contribution in [1.29, 1.82) is 0 Å². The van der Waals surface area contributed by atoms with Crippen molar-refractivity contribution in [3.8, 4) is 5.75 Å². The molecule has 2 saturated heterocycles. The van der Waals surface area contributed by atoms with Crippen molar-refractivity contribution in [3.63, 3.8) is 0 Å². The lowest BCUT2D eigenvalue weighted by molar-refractivity contribution is -0.124. The number of phenolic OH excluding ortho intramolecular Hbond substituents is 1. The Balaban J connectivity index is 1.77. The zero-order valence-corrected chi connectivity index (χ0v) is 14.0. The summed E-state index contributed by atoms with van der Waals surface area (Å²) in [6, 6.07) is 2.75. The summed E-state index contributed by atoms with van der Waals surface area (Å²) in [5.74, 6) is -0.672. The van der Waals surface area contributed by atoms with E-state index in [2.05, 4.69) is 5.32 Å². The van der Waals surface area contributed by atoms with Crippen LogP contribution in [-0.2, 0) is 9.53 Å². The SMILES string of the molecule is O=C(CO)NC[C@@H]1OC(=O)N2C[C@@H](c3c(O)ccc(Cl)c3Cl)C[C@@H]12. The van der Waals surface area contributed by atoms with Crippen LogP contribution < -0.4 is 5.32 Å². The average molecular weight is 375 g/mol. The maximum absolute atomic E-state index is 12.0. The van der Waals surface area contributed by atoms with Crippen molar-refractivity contribution >= 4 is 35.2 Å². The van der Waals surface area contributed by atoms with Crippen LogP contribution in [0.25, 0.3) is 0 Å². The first-order chi connectivity index (χ1) is 11.4. The quantitative estimate of drug-likeness (QED) is 0.741. The molecule has 0 radical (unpaired) electrons. The Labute approximate surface area is 148 Å². The molecule has 2 aliphatic heterocycles. The number of fused-ring (bicyclic) bond motifs is 1. The summed E-state index contributed by atoms with van der Waals surface area (Å²) < 4.78 is 5.26. The highest BCUT2D eigenvalue weighted by molar-refractivity contribution is 6.42. The van der Waals surface area contributed by atoms with E-state index in [-0.39, 0.29) is 29.3 Å². The minimum atomic E-state index is -0.621. The van der Waals surface area contributed by atoms with Crippen LogP contribution in [0.5, 0.6) is 5.75 Å². The number of phenols is 1. The highest BCUT2D eigenvalue weighted by Gasteiger charge is 2.49. The van der Waals surface area contributed by atoms with E-state index in [0.717, 1.165) is 0 Å². The summed E-state index contributed by atoms with van der Waals surface area (Å²) in [6.07, 6.45) is -0.458. The molecule has 24 heavy (non-hydrogen) atoms. The molecule has 1 aromatic rings. The van der Waals surface area contributed by atoms with Crippen molar-refractivity contribution in [2.75, 3.05) is 19.7 Å². The molecule has 1 aromatic carbocycles. The molecule has 3 N–H and O–H groups in total. The maximum atomic E-state index is 12.0. The number of aromatic hydroxyl groups is 1. The fourth-order valence-corrected chi connectivity index (χ4v) is 3.78. The predicted octanol–water partition coefficient (Wildman–Crippen LogP) is 1.48. The van der Waals surface area contributed by atoms with Crippen molar-refractivity contribution in [2.45, 2.75) is 24.5 Å². The third-order valence-corrected chi connectivity index (χ3v) is 5.24. The van der Waals surface area contributed by atoms with E-state index in [1.807, 2.05) is 0 Å². The highest BCUT2D eigenvalue weighted by Crippen LogP contribution is 2.45. The number of nitrogens with zero attached hydrogens (tertiary/aromatic N) is 1. The van der Waals surface area contributed by atoms with Gasteiger partial charge in [-0.1, -0.05) is 23.2 Å². The van der Waals surface area contributed by atoms with Crippen LogP contribution in [0.15, 0.2) is 12.1 Å². The summed E-state index contributed by atoms with van der Waals surface area (Å²) in [7, 11) is 0. The molecule has 2 heterocycles. The highest BCUT2D eigenvalue weighted by atomic mass is 35.5. The predicted molar refractivity (Wildman–Crippen MR) is 86.3 cm³/mol. The first-order valence-electron chi connectivity index (χ1n) is 7.44. The first-order valence-corrected chi connectivity index (χ1v) is 8.19. The Hall–Kier alpha value is -1.70. The van der Waals surface area contributed by atoms with E-state index in [9.17, 15) is 14.7 Å². The number of halogens is 2. The van der Waals surface area contributed by atoms with Gasteiger partial charge in [0.1, 0.15) is 18.5 Å². The summed E-state index contributed by atoms with van der Waals surface area (Å²) >= 11 is 12.2. The van der Waals surface area contributed by atoms with Crippen LogP contribution in [0, 0.1) is 0 Å². The van der Waals surface area contributed by atoms with Crippen molar-refractivity contribution in [2.24, 2.45) is 0 Å².